The Morgan fingerprint density at radius 1 is 1.63 bits per heavy atom. The molecule has 19 heavy (non-hydrogen) atoms. The van der Waals surface area contributed by atoms with Crippen molar-refractivity contribution < 1.29 is 10.2 Å². The van der Waals surface area contributed by atoms with Crippen LogP contribution in [0.15, 0.2) is 11.0 Å². The van der Waals surface area contributed by atoms with Gasteiger partial charge in [-0.25, -0.2) is 4.68 Å². The van der Waals surface area contributed by atoms with Crippen LogP contribution in [0, 0.1) is 0 Å². The van der Waals surface area contributed by atoms with Crippen LogP contribution in [0.2, 0.25) is 5.02 Å². The molecule has 0 aliphatic heterocycles. The number of aromatic nitrogens is 2. The summed E-state index contributed by atoms with van der Waals surface area (Å²) in [6.45, 7) is 1.88. The Balaban J connectivity index is 2.81. The van der Waals surface area contributed by atoms with E-state index in [1.54, 1.807) is 6.92 Å². The van der Waals surface area contributed by atoms with Crippen LogP contribution in [0.25, 0.3) is 0 Å². The third-order valence-corrected chi connectivity index (χ3v) is 3.69. The van der Waals surface area contributed by atoms with Gasteiger partial charge in [0, 0.05) is 12.3 Å². The second-order valence-corrected chi connectivity index (χ2v) is 5.65. The first kappa shape index (κ1) is 16.3. The van der Waals surface area contributed by atoms with Crippen molar-refractivity contribution in [2.45, 2.75) is 19.1 Å². The van der Waals surface area contributed by atoms with Crippen molar-refractivity contribution in [2.24, 2.45) is 0 Å². The molecular weight excluding hydrogens is 290 g/mol. The molecule has 0 fully saturated rings. The van der Waals surface area contributed by atoms with Gasteiger partial charge < -0.3 is 15.5 Å². The Morgan fingerprint density at radius 2 is 2.32 bits per heavy atom. The van der Waals surface area contributed by atoms with Gasteiger partial charge in [0.2, 0.25) is 0 Å². The monoisotopic (exact) mass is 307 g/mol. The number of hydrogen-bond acceptors (Lipinski definition) is 6. The largest absolute Gasteiger partial charge is 0.394 e. The summed E-state index contributed by atoms with van der Waals surface area (Å²) >= 11 is 7.46. The maximum absolute atomic E-state index is 11.8. The molecule has 0 aromatic carbocycles. The molecule has 3 N–H and O–H groups in total. The van der Waals surface area contributed by atoms with Crippen molar-refractivity contribution in [2.75, 3.05) is 30.5 Å². The van der Waals surface area contributed by atoms with Crippen LogP contribution in [-0.2, 0) is 6.54 Å². The van der Waals surface area contributed by atoms with E-state index < -0.39 is 11.2 Å². The maximum atomic E-state index is 11.8. The lowest BCUT2D eigenvalue weighted by Crippen LogP contribution is -2.36. The molecule has 1 atom stereocenters. The number of nitrogens with one attached hydrogen (secondary N) is 1. The normalized spacial score (nSPS) is 14.2. The Bertz CT molecular complexity index is 479. The Labute approximate surface area is 120 Å². The van der Waals surface area contributed by atoms with E-state index in [2.05, 4.69) is 10.4 Å². The van der Waals surface area contributed by atoms with E-state index in [1.165, 1.54) is 18.0 Å². The highest BCUT2D eigenvalue weighted by atomic mass is 35.5. The molecule has 6 nitrogen and oxygen atoms in total. The summed E-state index contributed by atoms with van der Waals surface area (Å²) in [5, 5.41) is 25.6. The summed E-state index contributed by atoms with van der Waals surface area (Å²) in [6, 6.07) is 0. The van der Waals surface area contributed by atoms with Gasteiger partial charge in [0.15, 0.2) is 0 Å². The predicted molar refractivity (Wildman–Crippen MR) is 78.1 cm³/mol. The molecule has 0 aliphatic carbocycles. The van der Waals surface area contributed by atoms with Crippen LogP contribution < -0.4 is 10.9 Å². The number of nitrogens with zero attached hydrogens (tertiary/aromatic N) is 2. The SMILES string of the molecule is CSCC(C)(O)CNc1cnn(CCO)c(=O)c1Cl. The Hall–Kier alpha value is -0.760. The average Bonchev–Trinajstić information content (AvgIpc) is 2.34. The topological polar surface area (TPSA) is 87.4 Å². The lowest BCUT2D eigenvalue weighted by Gasteiger charge is -2.23. The molecule has 0 amide bonds. The molecule has 0 aliphatic rings. The summed E-state index contributed by atoms with van der Waals surface area (Å²) < 4.78 is 1.09. The number of hydrogen-bond donors (Lipinski definition) is 3. The van der Waals surface area contributed by atoms with Crippen LogP contribution in [0.1, 0.15) is 6.92 Å². The first-order valence-corrected chi connectivity index (χ1v) is 7.50. The molecule has 0 radical (unpaired) electrons. The fraction of sp³-hybridized carbons (Fsp3) is 0.636. The molecule has 1 rings (SSSR count). The molecule has 1 aromatic heterocycles. The lowest BCUT2D eigenvalue weighted by molar-refractivity contribution is 0.0997. The number of aliphatic hydroxyl groups is 2. The molecule has 108 valence electrons. The van der Waals surface area contributed by atoms with Crippen molar-refractivity contribution in [1.29, 1.82) is 0 Å². The molecule has 1 heterocycles. The number of halogens is 1. The van der Waals surface area contributed by atoms with Crippen LogP contribution in [-0.4, -0.2) is 50.8 Å². The van der Waals surface area contributed by atoms with Crippen molar-refractivity contribution in [3.8, 4) is 0 Å². The fourth-order valence-electron chi connectivity index (χ4n) is 1.49. The van der Waals surface area contributed by atoms with Crippen LogP contribution in [0.5, 0.6) is 0 Å². The van der Waals surface area contributed by atoms with Gasteiger partial charge in [0.25, 0.3) is 5.56 Å². The molecule has 1 aromatic rings. The van der Waals surface area contributed by atoms with E-state index in [4.69, 9.17) is 16.7 Å². The molecule has 0 spiro atoms. The summed E-state index contributed by atoms with van der Waals surface area (Å²) in [7, 11) is 0. The predicted octanol–water partition coefficient (Wildman–Crippen LogP) is 0.415. The van der Waals surface area contributed by atoms with E-state index in [1.807, 2.05) is 6.26 Å². The van der Waals surface area contributed by atoms with E-state index in [0.29, 0.717) is 11.4 Å². The van der Waals surface area contributed by atoms with Gasteiger partial charge in [-0.3, -0.25) is 4.79 Å². The van der Waals surface area contributed by atoms with Gasteiger partial charge in [-0.15, -0.1) is 0 Å². The molecule has 1 unspecified atom stereocenters. The Morgan fingerprint density at radius 3 is 2.89 bits per heavy atom. The zero-order valence-corrected chi connectivity index (χ0v) is 12.5. The molecule has 0 bridgehead atoms. The highest BCUT2D eigenvalue weighted by Crippen LogP contribution is 2.17. The highest BCUT2D eigenvalue weighted by Gasteiger charge is 2.20. The number of aliphatic hydroxyl groups excluding tert-OH is 1. The van der Waals surface area contributed by atoms with Gasteiger partial charge in [0.05, 0.1) is 30.6 Å². The minimum Gasteiger partial charge on any atom is -0.394 e. The van der Waals surface area contributed by atoms with E-state index in [-0.39, 0.29) is 24.7 Å². The minimum atomic E-state index is -0.900. The van der Waals surface area contributed by atoms with Crippen molar-refractivity contribution >= 4 is 29.1 Å². The van der Waals surface area contributed by atoms with Gasteiger partial charge >= 0.3 is 0 Å². The second kappa shape index (κ2) is 7.14. The van der Waals surface area contributed by atoms with Crippen LogP contribution in [0.4, 0.5) is 5.69 Å². The zero-order chi connectivity index (χ0) is 14.5. The third kappa shape index (κ3) is 4.68. The molecule has 8 heteroatoms. The minimum absolute atomic E-state index is 0.00315. The second-order valence-electron chi connectivity index (χ2n) is 4.41. The molecule has 0 saturated heterocycles. The van der Waals surface area contributed by atoms with Crippen LogP contribution in [0.3, 0.4) is 0 Å². The van der Waals surface area contributed by atoms with E-state index in [0.717, 1.165) is 4.68 Å². The highest BCUT2D eigenvalue weighted by molar-refractivity contribution is 7.98. The van der Waals surface area contributed by atoms with Crippen molar-refractivity contribution in [3.63, 3.8) is 0 Å². The Kier molecular flexibility index (Phi) is 6.12. The lowest BCUT2D eigenvalue weighted by atomic mass is 10.1. The van der Waals surface area contributed by atoms with E-state index >= 15 is 0 Å². The number of anilines is 1. The molecule has 0 saturated carbocycles. The summed E-state index contributed by atoms with van der Waals surface area (Å²) in [4.78, 5) is 11.8. The average molecular weight is 308 g/mol. The molecular formula is C11H18ClN3O3S. The zero-order valence-electron chi connectivity index (χ0n) is 10.9. The van der Waals surface area contributed by atoms with Gasteiger partial charge in [-0.05, 0) is 13.2 Å². The fourth-order valence-corrected chi connectivity index (χ4v) is 2.43. The standard InChI is InChI=1S/C11H18ClN3O3S/c1-11(18,7-19-2)6-13-8-5-14-15(3-4-16)10(17)9(8)12/h5,13,16,18H,3-4,6-7H2,1-2H3. The summed E-state index contributed by atoms with van der Waals surface area (Å²) in [5.41, 5.74) is -0.990. The summed E-state index contributed by atoms with van der Waals surface area (Å²) in [5.74, 6) is 0.562. The quantitative estimate of drug-likeness (QED) is 0.676. The number of rotatable bonds is 7. The number of thioether (sulfide) groups is 1. The smallest absolute Gasteiger partial charge is 0.287 e. The van der Waals surface area contributed by atoms with E-state index in [9.17, 15) is 9.90 Å². The van der Waals surface area contributed by atoms with Gasteiger partial charge in [0.1, 0.15) is 5.02 Å². The first-order chi connectivity index (χ1) is 8.91. The van der Waals surface area contributed by atoms with Crippen molar-refractivity contribution in [1.82, 2.24) is 9.78 Å². The summed E-state index contributed by atoms with van der Waals surface area (Å²) in [6.07, 6.45) is 3.31. The van der Waals surface area contributed by atoms with Gasteiger partial charge in [-0.2, -0.15) is 16.9 Å². The van der Waals surface area contributed by atoms with Crippen molar-refractivity contribution in [3.05, 3.63) is 21.6 Å². The van der Waals surface area contributed by atoms with Gasteiger partial charge in [-0.1, -0.05) is 11.6 Å². The maximum Gasteiger partial charge on any atom is 0.287 e. The van der Waals surface area contributed by atoms with Crippen LogP contribution >= 0.6 is 23.4 Å². The first-order valence-electron chi connectivity index (χ1n) is 5.73. The third-order valence-electron chi connectivity index (χ3n) is 2.41.